The Balaban J connectivity index is 0.906. The maximum Gasteiger partial charge on any atom is 0.315 e. The van der Waals surface area contributed by atoms with Gasteiger partial charge in [0.1, 0.15) is 91.6 Å². The summed E-state index contributed by atoms with van der Waals surface area (Å²) in [7, 11) is 0. The lowest BCUT2D eigenvalue weighted by Gasteiger charge is -2.71. The van der Waals surface area contributed by atoms with Gasteiger partial charge in [-0.15, -0.1) is 0 Å². The molecular formula is C58H94O25. The summed E-state index contributed by atoms with van der Waals surface area (Å²) in [5.41, 5.74) is -2.09. The summed E-state index contributed by atoms with van der Waals surface area (Å²) in [6, 6.07) is 0. The molecule has 10 aliphatic rings. The van der Waals surface area contributed by atoms with Crippen LogP contribution < -0.4 is 0 Å². The van der Waals surface area contributed by atoms with Crippen molar-refractivity contribution in [2.24, 2.45) is 50.2 Å². The molecule has 25 nitrogen and oxygen atoms in total. The van der Waals surface area contributed by atoms with E-state index in [0.29, 0.717) is 57.8 Å². The van der Waals surface area contributed by atoms with Crippen LogP contribution in [0.1, 0.15) is 120 Å². The van der Waals surface area contributed by atoms with E-state index < -0.39 is 176 Å². The molecule has 0 radical (unpaired) electrons. The molecule has 0 aromatic heterocycles. The predicted octanol–water partition coefficient (Wildman–Crippen LogP) is -1.91. The molecule has 5 saturated heterocycles. The largest absolute Gasteiger partial charge is 0.432 e. The second-order valence-electron chi connectivity index (χ2n) is 28.0. The zero-order chi connectivity index (χ0) is 60.4. The van der Waals surface area contributed by atoms with Crippen molar-refractivity contribution >= 4 is 5.97 Å². The monoisotopic (exact) mass is 1190 g/mol. The normalized spacial score (nSPS) is 55.4. The fourth-order valence-electron chi connectivity index (χ4n) is 17.2. The van der Waals surface area contributed by atoms with Crippen LogP contribution in [0.25, 0.3) is 0 Å². The van der Waals surface area contributed by atoms with Gasteiger partial charge in [0.15, 0.2) is 31.3 Å². The minimum atomic E-state index is -1.91. The van der Waals surface area contributed by atoms with Gasteiger partial charge in [-0.3, -0.25) is 4.79 Å². The van der Waals surface area contributed by atoms with Crippen molar-refractivity contribution in [1.82, 2.24) is 0 Å². The van der Waals surface area contributed by atoms with Crippen LogP contribution in [-0.4, -0.2) is 251 Å². The fourth-order valence-corrected chi connectivity index (χ4v) is 17.2. The minimum Gasteiger partial charge on any atom is -0.432 e. The average molecular weight is 1190 g/mol. The van der Waals surface area contributed by atoms with Crippen LogP contribution in [-0.2, 0) is 52.2 Å². The van der Waals surface area contributed by atoms with Gasteiger partial charge in [-0.25, -0.2) is 0 Å². The zero-order valence-electron chi connectivity index (χ0n) is 48.8. The average Bonchev–Trinajstić information content (AvgIpc) is 1.87. The van der Waals surface area contributed by atoms with E-state index in [4.69, 9.17) is 47.4 Å². The van der Waals surface area contributed by atoms with Crippen molar-refractivity contribution in [2.75, 3.05) is 26.4 Å². The molecule has 5 aliphatic heterocycles. The molecule has 0 unspecified atom stereocenters. The van der Waals surface area contributed by atoms with Gasteiger partial charge >= 0.3 is 5.97 Å². The van der Waals surface area contributed by atoms with Crippen LogP contribution in [0.3, 0.4) is 0 Å². The molecule has 25 heteroatoms. The number of fused-ring (bicyclic) bond motifs is 7. The SMILES string of the molecule is C[C@@H]1O[C@@H](O[C@H]2[C@H](O[C@H]3CC[C@@]4(C)[C@@H](CC[C@]5(C)[C@@H]4CC=C4[C@@H]6CC(C)(C)CC[C@]6(C(=O)O[C@@H]6O[C@H](CO[C@@H]7OC[C@@H](O)[C@H](O)[C@H]7O)[C@@H](O)[C@H](O)[C@H]6O[C@@H]6O[C@@H](C)[C@H](O)[C@@H](O)[C@H]6O)CC[C@]45C)[C@]3(C)CO)OC[C@H](O)[C@@H]2O)[C@H](O)[C@H](O)[C@H]1O. The van der Waals surface area contributed by atoms with Crippen LogP contribution in [0.4, 0.5) is 0 Å². The summed E-state index contributed by atoms with van der Waals surface area (Å²) < 4.78 is 60.3. The highest BCUT2D eigenvalue weighted by molar-refractivity contribution is 5.79. The summed E-state index contributed by atoms with van der Waals surface area (Å²) in [6.07, 6.45) is -27.7. The number of ether oxygens (including phenoxy) is 10. The molecule has 476 valence electrons. The molecule has 9 fully saturated rings. The van der Waals surface area contributed by atoms with Gasteiger partial charge < -0.3 is 119 Å². The summed E-state index contributed by atoms with van der Waals surface area (Å²) in [5, 5.41) is 152. The molecule has 5 aliphatic carbocycles. The number of rotatable bonds is 12. The molecule has 10 rings (SSSR count). The minimum absolute atomic E-state index is 0.0775. The van der Waals surface area contributed by atoms with Gasteiger partial charge in [-0.2, -0.15) is 0 Å². The number of hydrogen-bond acceptors (Lipinski definition) is 25. The third-order valence-electron chi connectivity index (χ3n) is 22.8. The molecule has 0 amide bonds. The van der Waals surface area contributed by atoms with Gasteiger partial charge in [0.05, 0.1) is 50.2 Å². The van der Waals surface area contributed by atoms with Crippen LogP contribution >= 0.6 is 0 Å². The number of aliphatic hydroxyl groups is 14. The van der Waals surface area contributed by atoms with Crippen molar-refractivity contribution < 1.29 is 124 Å². The molecule has 5 heterocycles. The number of carbonyl (C=O) groups is 1. The molecule has 0 aromatic rings. The number of allylic oxidation sites excluding steroid dienone is 2. The molecule has 0 spiro atoms. The quantitative estimate of drug-likeness (QED) is 0.0576. The first kappa shape index (κ1) is 64.3. The van der Waals surface area contributed by atoms with E-state index in [1.54, 1.807) is 0 Å². The Bertz CT molecular complexity index is 2310. The van der Waals surface area contributed by atoms with Crippen LogP contribution in [0.15, 0.2) is 11.6 Å². The Morgan fingerprint density at radius 2 is 1.13 bits per heavy atom. The van der Waals surface area contributed by atoms with Crippen molar-refractivity contribution in [2.45, 2.75) is 267 Å². The molecule has 0 bridgehead atoms. The first-order chi connectivity index (χ1) is 38.9. The van der Waals surface area contributed by atoms with Crippen LogP contribution in [0.5, 0.6) is 0 Å². The number of hydrogen-bond donors (Lipinski definition) is 14. The first-order valence-electron chi connectivity index (χ1n) is 30.0. The van der Waals surface area contributed by atoms with E-state index >= 15 is 4.79 Å². The van der Waals surface area contributed by atoms with E-state index in [2.05, 4.69) is 40.7 Å². The maximum absolute atomic E-state index is 15.6. The van der Waals surface area contributed by atoms with Gasteiger partial charge in [-0.1, -0.05) is 53.2 Å². The molecule has 14 N–H and O–H groups in total. The number of carbonyl (C=O) groups excluding carboxylic acids is 1. The van der Waals surface area contributed by atoms with Gasteiger partial charge in [0.2, 0.25) is 6.29 Å². The Hall–Kier alpha value is -1.71. The van der Waals surface area contributed by atoms with E-state index in [1.165, 1.54) is 19.4 Å². The number of aliphatic hydroxyl groups excluding tert-OH is 14. The third-order valence-corrected chi connectivity index (χ3v) is 22.8. The highest BCUT2D eigenvalue weighted by atomic mass is 16.8. The van der Waals surface area contributed by atoms with E-state index in [-0.39, 0.29) is 53.8 Å². The lowest BCUT2D eigenvalue weighted by molar-refractivity contribution is -0.366. The third kappa shape index (κ3) is 10.8. The van der Waals surface area contributed by atoms with Crippen LogP contribution in [0, 0.1) is 50.2 Å². The molecular weight excluding hydrogens is 1100 g/mol. The van der Waals surface area contributed by atoms with Gasteiger partial charge in [0.25, 0.3) is 0 Å². The lowest BCUT2D eigenvalue weighted by atomic mass is 9.33. The van der Waals surface area contributed by atoms with Gasteiger partial charge in [-0.05, 0) is 117 Å². The topological polar surface area (TPSA) is 393 Å². The Morgan fingerprint density at radius 3 is 1.75 bits per heavy atom. The van der Waals surface area contributed by atoms with E-state index in [0.717, 1.165) is 6.42 Å². The molecule has 32 atom stereocenters. The summed E-state index contributed by atoms with van der Waals surface area (Å²) >= 11 is 0. The predicted molar refractivity (Wildman–Crippen MR) is 282 cm³/mol. The fraction of sp³-hybridized carbons (Fsp3) is 0.948. The smallest absolute Gasteiger partial charge is 0.315 e. The van der Waals surface area contributed by atoms with Crippen molar-refractivity contribution in [3.63, 3.8) is 0 Å². The van der Waals surface area contributed by atoms with Crippen LogP contribution in [0.2, 0.25) is 0 Å². The lowest BCUT2D eigenvalue weighted by Crippen LogP contribution is -2.67. The molecule has 0 aromatic carbocycles. The van der Waals surface area contributed by atoms with E-state index in [1.807, 2.05) is 6.92 Å². The summed E-state index contributed by atoms with van der Waals surface area (Å²) in [4.78, 5) is 15.6. The summed E-state index contributed by atoms with van der Waals surface area (Å²) in [6.45, 7) is 14.9. The Labute approximate surface area is 483 Å². The highest BCUT2D eigenvalue weighted by Gasteiger charge is 2.71. The Morgan fingerprint density at radius 1 is 0.566 bits per heavy atom. The maximum atomic E-state index is 15.6. The van der Waals surface area contributed by atoms with Crippen molar-refractivity contribution in [3.8, 4) is 0 Å². The number of esters is 1. The summed E-state index contributed by atoms with van der Waals surface area (Å²) in [5.74, 6) is -0.933. The molecule has 4 saturated carbocycles. The first-order valence-corrected chi connectivity index (χ1v) is 30.0. The molecule has 83 heavy (non-hydrogen) atoms. The standard InChI is InChI=1S/C58H94O25/c1-24-34(62)39(67)43(71)48(77-24)81-45-37(65)29(61)21-75-50(45)80-33-12-13-54(5)31(55(33,6)23-59)11-14-57(8)32(54)10-9-26-27-19-53(3,4)15-17-58(27,18-16-56(26,57)7)52(73)83-51-46(82-49-44(72)40(68)35(63)25(2)78-49)41(69)38(66)30(79-51)22-76-47-42(70)36(64)28(60)20-74-47/h9,24-25,27-51,59-72H,10-23H2,1-8H3/t24-,25-,27-,28+,29-,30+,31+,32+,33-,34-,35-,36-,37-,38+,39+,40+,41-,42+,43+,44+,45+,46+,47-,48-,49-,50-,51-,54-,55-,56+,57+,58-/m0/s1. The second-order valence-corrected chi connectivity index (χ2v) is 28.0. The zero-order valence-corrected chi connectivity index (χ0v) is 48.8. The van der Waals surface area contributed by atoms with E-state index in [9.17, 15) is 71.5 Å². The van der Waals surface area contributed by atoms with Crippen molar-refractivity contribution in [3.05, 3.63) is 11.6 Å². The Kier molecular flexibility index (Phi) is 18.3. The highest BCUT2D eigenvalue weighted by Crippen LogP contribution is 2.76. The van der Waals surface area contributed by atoms with Gasteiger partial charge in [0, 0.05) is 5.41 Å². The van der Waals surface area contributed by atoms with Crippen molar-refractivity contribution in [1.29, 1.82) is 0 Å². The second kappa shape index (κ2) is 23.6.